The monoisotopic (exact) mass is 231 g/mol. The van der Waals surface area contributed by atoms with E-state index in [9.17, 15) is 0 Å². The first kappa shape index (κ1) is 10.7. The summed E-state index contributed by atoms with van der Waals surface area (Å²) in [5.74, 6) is 0. The molecule has 0 saturated carbocycles. The topological polar surface area (TPSA) is 3.01 Å². The number of hydrogen-bond donors (Lipinski definition) is 1. The summed E-state index contributed by atoms with van der Waals surface area (Å²) in [7, 11) is 3.92. The Morgan fingerprint density at radius 3 is 1.57 bits per heavy atom. The smallest absolute Gasteiger partial charge is 0.203 e. The fraction of sp³-hybridized carbons (Fsp3) is 0.750. The minimum Gasteiger partial charge on any atom is -1.00 e. The molecule has 0 atom stereocenters. The van der Waals surface area contributed by atoms with E-state index in [1.54, 1.807) is 0 Å². The van der Waals surface area contributed by atoms with Gasteiger partial charge in [0.1, 0.15) is 14.1 Å². The first-order chi connectivity index (χ1) is 2.64. The highest BCUT2D eigenvalue weighted by Gasteiger charge is 1.84. The molecule has 7 heavy (non-hydrogen) atoms. The zero-order valence-electron chi connectivity index (χ0n) is 4.77. The molecule has 0 radical (unpaired) electrons. The fourth-order valence-corrected chi connectivity index (χ4v) is 0. The van der Waals surface area contributed by atoms with Crippen LogP contribution in [0.1, 0.15) is 6.92 Å². The van der Waals surface area contributed by atoms with Gasteiger partial charge in [-0.3, -0.25) is 0 Å². The van der Waals surface area contributed by atoms with Crippen LogP contribution < -0.4 is 24.0 Å². The van der Waals surface area contributed by atoms with Crippen LogP contribution in [0.5, 0.6) is 0 Å². The van der Waals surface area contributed by atoms with E-state index < -0.39 is 0 Å². The summed E-state index contributed by atoms with van der Waals surface area (Å²) < 4.78 is 1.95. The molecule has 0 rings (SSSR count). The Morgan fingerprint density at radius 2 is 1.57 bits per heavy atom. The summed E-state index contributed by atoms with van der Waals surface area (Å²) in [5.41, 5.74) is 0. The molecule has 0 unspecified atom stereocenters. The van der Waals surface area contributed by atoms with Gasteiger partial charge in [-0.05, 0) is 0 Å². The molecule has 0 amide bonds. The van der Waals surface area contributed by atoms with Crippen molar-refractivity contribution in [2.24, 2.45) is 0 Å². The molecule has 0 aromatic carbocycles. The molecule has 0 bridgehead atoms. The lowest BCUT2D eigenvalue weighted by atomic mass is 10.8. The van der Waals surface area contributed by atoms with Crippen LogP contribution in [-0.4, -0.2) is 23.7 Å². The third-order valence-electron chi connectivity index (χ3n) is 0.647. The minimum absolute atomic E-state index is 0. The highest BCUT2D eigenvalue weighted by Crippen LogP contribution is 1.74. The Balaban J connectivity index is 0. The van der Waals surface area contributed by atoms with Crippen molar-refractivity contribution in [3.63, 3.8) is 0 Å². The fourth-order valence-electron chi connectivity index (χ4n) is 0. The summed E-state index contributed by atoms with van der Waals surface area (Å²) in [6, 6.07) is 0. The molecule has 0 N–H and O–H groups in total. The van der Waals surface area contributed by atoms with E-state index in [0.717, 1.165) is 5.04 Å². The van der Waals surface area contributed by atoms with Gasteiger partial charge in [-0.1, -0.05) is 12.6 Å². The van der Waals surface area contributed by atoms with Crippen LogP contribution in [0.2, 0.25) is 0 Å². The molecule has 0 fully saturated rings. The largest absolute Gasteiger partial charge is 1.00 e. The van der Waals surface area contributed by atoms with Crippen LogP contribution in [0.25, 0.3) is 0 Å². The molecule has 0 aliphatic carbocycles. The maximum absolute atomic E-state index is 4.04. The Bertz CT molecular complexity index is 61.8. The maximum atomic E-state index is 4.04. The molecule has 0 aliphatic rings. The van der Waals surface area contributed by atoms with Crippen LogP contribution >= 0.6 is 12.6 Å². The van der Waals surface area contributed by atoms with E-state index in [4.69, 9.17) is 0 Å². The van der Waals surface area contributed by atoms with Crippen molar-refractivity contribution < 1.29 is 28.6 Å². The molecule has 0 aromatic rings. The first-order valence-electron chi connectivity index (χ1n) is 1.84. The second kappa shape index (κ2) is 4.90. The lowest BCUT2D eigenvalue weighted by Crippen LogP contribution is -3.00. The highest BCUT2D eigenvalue weighted by atomic mass is 127. The third-order valence-corrected chi connectivity index (χ3v) is 1.05. The van der Waals surface area contributed by atoms with E-state index in [-0.39, 0.29) is 24.0 Å². The highest BCUT2D eigenvalue weighted by molar-refractivity contribution is 7.96. The normalized spacial score (nSPS) is 6.86. The van der Waals surface area contributed by atoms with Gasteiger partial charge < -0.3 is 24.0 Å². The van der Waals surface area contributed by atoms with Crippen LogP contribution in [0, 0.1) is 0 Å². The van der Waals surface area contributed by atoms with Gasteiger partial charge in [0.2, 0.25) is 5.04 Å². The lowest BCUT2D eigenvalue weighted by Gasteiger charge is -1.81. The van der Waals surface area contributed by atoms with E-state index in [2.05, 4.69) is 12.6 Å². The Kier molecular flexibility index (Phi) is 7.47. The Labute approximate surface area is 67.2 Å². The van der Waals surface area contributed by atoms with Crippen LogP contribution in [0.15, 0.2) is 0 Å². The van der Waals surface area contributed by atoms with Crippen molar-refractivity contribution in [2.45, 2.75) is 6.92 Å². The molecule has 0 spiro atoms. The minimum atomic E-state index is 0. The molecular weight excluding hydrogens is 221 g/mol. The van der Waals surface area contributed by atoms with E-state index >= 15 is 0 Å². The zero-order valence-corrected chi connectivity index (χ0v) is 7.82. The van der Waals surface area contributed by atoms with Gasteiger partial charge in [-0.15, -0.1) is 0 Å². The average molecular weight is 231 g/mol. The molecule has 0 aromatic heterocycles. The molecule has 0 aliphatic heterocycles. The number of thiol groups is 1. The van der Waals surface area contributed by atoms with Crippen molar-refractivity contribution >= 4 is 17.7 Å². The average Bonchev–Trinajstić information content (AvgIpc) is 1.36. The third kappa shape index (κ3) is 6.75. The lowest BCUT2D eigenvalue weighted by molar-refractivity contribution is -0.461. The molecule has 0 heterocycles. The molecule has 3 heteroatoms. The molecule has 1 nitrogen and oxygen atoms in total. The summed E-state index contributed by atoms with van der Waals surface area (Å²) in [6.07, 6.45) is 0. The summed E-state index contributed by atoms with van der Waals surface area (Å²) in [4.78, 5) is 0. The van der Waals surface area contributed by atoms with Crippen molar-refractivity contribution in [3.05, 3.63) is 0 Å². The summed E-state index contributed by atoms with van der Waals surface area (Å²) >= 11 is 4.04. The molecule has 0 saturated heterocycles. The number of hydrogen-bond acceptors (Lipinski definition) is 0. The molecular formula is C4H10INS. The van der Waals surface area contributed by atoms with Crippen molar-refractivity contribution in [2.75, 3.05) is 14.1 Å². The predicted molar refractivity (Wildman–Crippen MR) is 31.8 cm³/mol. The quantitative estimate of drug-likeness (QED) is 0.156. The van der Waals surface area contributed by atoms with Crippen LogP contribution in [0.4, 0.5) is 0 Å². The number of rotatable bonds is 0. The van der Waals surface area contributed by atoms with Crippen molar-refractivity contribution in [1.29, 1.82) is 0 Å². The Hall–Kier alpha value is 0.750. The van der Waals surface area contributed by atoms with Crippen LogP contribution in [-0.2, 0) is 0 Å². The van der Waals surface area contributed by atoms with Gasteiger partial charge in [0.25, 0.3) is 0 Å². The van der Waals surface area contributed by atoms with Crippen LogP contribution in [0.3, 0.4) is 0 Å². The SMILES string of the molecule is CC(S)=[N+](C)C.[I-]. The molecule has 44 valence electrons. The van der Waals surface area contributed by atoms with Gasteiger partial charge in [-0.2, -0.15) is 0 Å². The van der Waals surface area contributed by atoms with Gasteiger partial charge in [0, 0.05) is 6.92 Å². The standard InChI is InChI=1S/C4H9NS.HI/c1-4(6)5(2)3;/h1-3H3;1H. The van der Waals surface area contributed by atoms with E-state index in [1.807, 2.05) is 25.6 Å². The van der Waals surface area contributed by atoms with Crippen molar-refractivity contribution in [1.82, 2.24) is 0 Å². The van der Waals surface area contributed by atoms with Gasteiger partial charge in [-0.25, -0.2) is 4.58 Å². The van der Waals surface area contributed by atoms with E-state index in [0.29, 0.717) is 0 Å². The number of halogens is 1. The second-order valence-corrected chi connectivity index (χ2v) is 2.09. The summed E-state index contributed by atoms with van der Waals surface area (Å²) in [5, 5.41) is 1.04. The maximum Gasteiger partial charge on any atom is 0.203 e. The summed E-state index contributed by atoms with van der Waals surface area (Å²) in [6.45, 7) is 1.95. The second-order valence-electron chi connectivity index (χ2n) is 1.44. The van der Waals surface area contributed by atoms with Gasteiger partial charge >= 0.3 is 0 Å². The van der Waals surface area contributed by atoms with Gasteiger partial charge in [0.15, 0.2) is 0 Å². The zero-order chi connectivity index (χ0) is 5.15. The predicted octanol–water partition coefficient (Wildman–Crippen LogP) is -2.39. The van der Waals surface area contributed by atoms with Gasteiger partial charge in [0.05, 0.1) is 0 Å². The first-order valence-corrected chi connectivity index (χ1v) is 2.29. The van der Waals surface area contributed by atoms with E-state index in [1.165, 1.54) is 0 Å². The van der Waals surface area contributed by atoms with Crippen molar-refractivity contribution in [3.8, 4) is 0 Å². The number of nitrogens with zero attached hydrogens (tertiary/aromatic N) is 1. The Morgan fingerprint density at radius 1 is 1.43 bits per heavy atom.